The molecule has 8 heteroatoms. The van der Waals surface area contributed by atoms with Gasteiger partial charge in [-0.15, -0.1) is 0 Å². The Morgan fingerprint density at radius 3 is 2.06 bits per heavy atom. The third-order valence-corrected chi connectivity index (χ3v) is 5.90. The molecule has 0 atom stereocenters. The molecule has 1 aromatic heterocycles. The first-order valence-electron chi connectivity index (χ1n) is 10.8. The van der Waals surface area contributed by atoms with Crippen molar-refractivity contribution in [3.8, 4) is 11.3 Å². The van der Waals surface area contributed by atoms with Gasteiger partial charge in [-0.1, -0.05) is 54.6 Å². The van der Waals surface area contributed by atoms with Crippen molar-refractivity contribution < 1.29 is 29.0 Å². The van der Waals surface area contributed by atoms with Gasteiger partial charge in [-0.05, 0) is 24.3 Å². The Bertz CT molecular complexity index is 1410. The van der Waals surface area contributed by atoms with Crippen molar-refractivity contribution in [2.75, 3.05) is 19.5 Å². The molecular weight excluding hydrogens is 448 g/mol. The van der Waals surface area contributed by atoms with E-state index in [1.807, 2.05) is 6.07 Å². The molecule has 35 heavy (non-hydrogen) atoms. The number of anilines is 1. The van der Waals surface area contributed by atoms with E-state index in [-0.39, 0.29) is 11.5 Å². The normalized spacial score (nSPS) is 11.2. The van der Waals surface area contributed by atoms with Crippen LogP contribution >= 0.6 is 0 Å². The van der Waals surface area contributed by atoms with Crippen LogP contribution in [0.25, 0.3) is 22.2 Å². The number of nitrogens with zero attached hydrogens (tertiary/aromatic N) is 1. The maximum atomic E-state index is 12.9. The topological polar surface area (TPSA) is 107 Å². The molecule has 4 rings (SSSR count). The Morgan fingerprint density at radius 2 is 1.40 bits per heavy atom. The van der Waals surface area contributed by atoms with E-state index in [0.29, 0.717) is 33.4 Å². The maximum Gasteiger partial charge on any atom is 0.354 e. The number of aromatic nitrogens is 1. The first-order chi connectivity index (χ1) is 16.8. The van der Waals surface area contributed by atoms with Crippen LogP contribution in [0.3, 0.4) is 0 Å². The van der Waals surface area contributed by atoms with Crippen LogP contribution in [0.1, 0.15) is 15.9 Å². The lowest BCUT2D eigenvalue weighted by Gasteiger charge is -2.24. The average molecular weight is 472 g/mol. The number of rotatable bonds is 6. The van der Waals surface area contributed by atoms with E-state index in [0.717, 1.165) is 14.2 Å². The second kappa shape index (κ2) is 9.44. The predicted molar refractivity (Wildman–Crippen MR) is 131 cm³/mol. The monoisotopic (exact) mass is 472 g/mol. The summed E-state index contributed by atoms with van der Waals surface area (Å²) in [5.41, 5.74) is -0.407. The van der Waals surface area contributed by atoms with Gasteiger partial charge in [0.2, 0.25) is 0 Å². The molecule has 8 nitrogen and oxygen atoms in total. The third kappa shape index (κ3) is 3.94. The molecule has 178 valence electrons. The molecule has 3 aromatic carbocycles. The lowest BCUT2D eigenvalue weighted by atomic mass is 9.88. The number of amides is 1. The van der Waals surface area contributed by atoms with Crippen LogP contribution in [0.15, 0.2) is 78.9 Å². The average Bonchev–Trinajstić information content (AvgIpc) is 3.20. The summed E-state index contributed by atoms with van der Waals surface area (Å²) in [6, 6.07) is 22.7. The van der Waals surface area contributed by atoms with Gasteiger partial charge in [0.25, 0.3) is 11.5 Å². The Hall–Kier alpha value is -4.43. The number of methoxy groups -OCH3 is 2. The molecule has 0 saturated heterocycles. The van der Waals surface area contributed by atoms with Gasteiger partial charge < -0.3 is 24.5 Å². The van der Waals surface area contributed by atoms with Crippen molar-refractivity contribution in [2.24, 2.45) is 7.05 Å². The first-order valence-corrected chi connectivity index (χ1v) is 10.8. The van der Waals surface area contributed by atoms with Crippen LogP contribution < -0.4 is 5.32 Å². The number of aliphatic hydroxyl groups is 1. The number of hydrogen-bond acceptors (Lipinski definition) is 6. The zero-order chi connectivity index (χ0) is 25.2. The summed E-state index contributed by atoms with van der Waals surface area (Å²) in [7, 11) is 3.90. The Kier molecular flexibility index (Phi) is 6.40. The molecule has 1 heterocycles. The van der Waals surface area contributed by atoms with Crippen molar-refractivity contribution >= 4 is 34.4 Å². The number of ether oxygens (including phenoxy) is 2. The van der Waals surface area contributed by atoms with Crippen molar-refractivity contribution in [3.05, 3.63) is 90.0 Å². The van der Waals surface area contributed by atoms with E-state index >= 15 is 0 Å². The second-order valence-corrected chi connectivity index (χ2v) is 7.86. The van der Waals surface area contributed by atoms with Gasteiger partial charge in [-0.2, -0.15) is 0 Å². The molecule has 0 saturated carbocycles. The standard InChI is InChI=1S/C27H24N2O6/c1-29-21-16-10-8-14-19(21)22(27(33,25(31)34-2)26(32)35-3)23(29)18-13-7-9-15-20(18)28-24(30)17-11-5-4-6-12-17/h4-16,33H,1-3H3,(H,28,30). The lowest BCUT2D eigenvalue weighted by Crippen LogP contribution is -2.45. The van der Waals surface area contributed by atoms with E-state index in [4.69, 9.17) is 9.47 Å². The summed E-state index contributed by atoms with van der Waals surface area (Å²) in [6.45, 7) is 0. The van der Waals surface area contributed by atoms with Crippen LogP contribution in [-0.2, 0) is 31.7 Å². The Morgan fingerprint density at radius 1 is 0.829 bits per heavy atom. The Balaban J connectivity index is 2.00. The number of aryl methyl sites for hydroxylation is 1. The van der Waals surface area contributed by atoms with Gasteiger partial charge in [-0.3, -0.25) is 4.79 Å². The number of esters is 2. The van der Waals surface area contributed by atoms with Gasteiger partial charge in [-0.25, -0.2) is 9.59 Å². The number of carbonyl (C=O) groups is 3. The number of nitrogens with one attached hydrogen (secondary N) is 1. The quantitative estimate of drug-likeness (QED) is 0.328. The molecule has 4 aromatic rings. The van der Waals surface area contributed by atoms with E-state index in [1.165, 1.54) is 0 Å². The molecule has 0 unspecified atom stereocenters. The minimum Gasteiger partial charge on any atom is -0.466 e. The van der Waals surface area contributed by atoms with Gasteiger partial charge in [0.15, 0.2) is 0 Å². The Labute approximate surface area is 201 Å². The highest BCUT2D eigenvalue weighted by molar-refractivity contribution is 6.12. The summed E-state index contributed by atoms with van der Waals surface area (Å²) in [5.74, 6) is -2.71. The van der Waals surface area contributed by atoms with Crippen molar-refractivity contribution in [1.29, 1.82) is 0 Å². The number of para-hydroxylation sites is 2. The third-order valence-electron chi connectivity index (χ3n) is 5.90. The fourth-order valence-electron chi connectivity index (χ4n) is 4.24. The lowest BCUT2D eigenvalue weighted by molar-refractivity contribution is -0.181. The highest BCUT2D eigenvalue weighted by Crippen LogP contribution is 2.43. The van der Waals surface area contributed by atoms with Crippen LogP contribution in [0.5, 0.6) is 0 Å². The number of benzene rings is 3. The number of fused-ring (bicyclic) bond motifs is 1. The largest absolute Gasteiger partial charge is 0.466 e. The second-order valence-electron chi connectivity index (χ2n) is 7.86. The molecular formula is C27H24N2O6. The fraction of sp³-hybridized carbons (Fsp3) is 0.148. The van der Waals surface area contributed by atoms with Gasteiger partial charge >= 0.3 is 11.9 Å². The molecule has 0 bridgehead atoms. The van der Waals surface area contributed by atoms with Crippen molar-refractivity contribution in [1.82, 2.24) is 4.57 Å². The minimum absolute atomic E-state index is 0.00397. The molecule has 0 aliphatic heterocycles. The van der Waals surface area contributed by atoms with Crippen LogP contribution in [-0.4, -0.2) is 41.7 Å². The van der Waals surface area contributed by atoms with Gasteiger partial charge in [0.1, 0.15) is 0 Å². The molecule has 0 aliphatic carbocycles. The summed E-state index contributed by atoms with van der Waals surface area (Å²) in [5, 5.41) is 14.9. The zero-order valence-corrected chi connectivity index (χ0v) is 19.4. The van der Waals surface area contributed by atoms with E-state index < -0.39 is 17.5 Å². The summed E-state index contributed by atoms with van der Waals surface area (Å²) in [4.78, 5) is 38.7. The van der Waals surface area contributed by atoms with E-state index in [9.17, 15) is 19.5 Å². The maximum absolute atomic E-state index is 12.9. The molecule has 0 aliphatic rings. The SMILES string of the molecule is COC(=O)C(O)(C(=O)OC)c1c(-c2ccccc2NC(=O)c2ccccc2)n(C)c2ccccc12. The van der Waals surface area contributed by atoms with E-state index in [2.05, 4.69) is 5.32 Å². The first kappa shape index (κ1) is 23.7. The van der Waals surface area contributed by atoms with Crippen molar-refractivity contribution in [3.63, 3.8) is 0 Å². The zero-order valence-electron chi connectivity index (χ0n) is 19.4. The number of carbonyl (C=O) groups excluding carboxylic acids is 3. The van der Waals surface area contributed by atoms with Crippen LogP contribution in [0.2, 0.25) is 0 Å². The van der Waals surface area contributed by atoms with Gasteiger partial charge in [0.05, 0.1) is 25.6 Å². The predicted octanol–water partition coefficient (Wildman–Crippen LogP) is 3.63. The summed E-state index contributed by atoms with van der Waals surface area (Å²) in [6.07, 6.45) is 0. The minimum atomic E-state index is -2.75. The van der Waals surface area contributed by atoms with E-state index in [1.54, 1.807) is 84.4 Å². The number of hydrogen-bond donors (Lipinski definition) is 2. The summed E-state index contributed by atoms with van der Waals surface area (Å²) < 4.78 is 11.4. The van der Waals surface area contributed by atoms with Crippen LogP contribution in [0, 0.1) is 0 Å². The van der Waals surface area contributed by atoms with Gasteiger partial charge in [0, 0.05) is 34.6 Å². The van der Waals surface area contributed by atoms with Crippen LogP contribution in [0.4, 0.5) is 5.69 Å². The fourth-order valence-corrected chi connectivity index (χ4v) is 4.24. The molecule has 1 amide bonds. The van der Waals surface area contributed by atoms with Crippen molar-refractivity contribution in [2.45, 2.75) is 5.60 Å². The molecule has 0 spiro atoms. The highest BCUT2D eigenvalue weighted by Gasteiger charge is 2.52. The molecule has 0 radical (unpaired) electrons. The molecule has 0 fully saturated rings. The highest BCUT2D eigenvalue weighted by atomic mass is 16.6. The summed E-state index contributed by atoms with van der Waals surface area (Å²) >= 11 is 0. The smallest absolute Gasteiger partial charge is 0.354 e. The molecule has 2 N–H and O–H groups in total.